The van der Waals surface area contributed by atoms with Gasteiger partial charge < -0.3 is 15.8 Å². The molecule has 1 rings (SSSR count). The molecule has 0 spiro atoms. The number of ether oxygens (including phenoxy) is 1. The molecule has 1 aromatic rings. The molecule has 0 aliphatic heterocycles. The number of halogens is 1. The molecule has 0 aliphatic carbocycles. The van der Waals surface area contributed by atoms with Crippen molar-refractivity contribution in [1.82, 2.24) is 5.32 Å². The van der Waals surface area contributed by atoms with E-state index in [1.807, 2.05) is 13.8 Å². The van der Waals surface area contributed by atoms with Crippen molar-refractivity contribution in [3.8, 4) is 5.75 Å². The minimum absolute atomic E-state index is 0.0732. The highest BCUT2D eigenvalue weighted by Crippen LogP contribution is 2.24. The molecule has 0 radical (unpaired) electrons. The van der Waals surface area contributed by atoms with E-state index in [4.69, 9.17) is 10.5 Å². The first-order chi connectivity index (χ1) is 8.04. The fourth-order valence-electron chi connectivity index (χ4n) is 1.23. The summed E-state index contributed by atoms with van der Waals surface area (Å²) in [5.41, 5.74) is 5.72. The van der Waals surface area contributed by atoms with E-state index in [2.05, 4.69) is 5.32 Å². The molecule has 4 nitrogen and oxygen atoms in total. The molecule has 0 heterocycles. The standard InChI is InChI=1S/C12H17FN2O2/c1-3-8(2)15-11(16)7-17-12-9(13)5-4-6-10(12)14/h4-6,8H,3,7,14H2,1-2H3,(H,15,16). The van der Waals surface area contributed by atoms with Crippen LogP contribution in [-0.2, 0) is 4.79 Å². The molecule has 1 atom stereocenters. The molecular weight excluding hydrogens is 223 g/mol. The Bertz CT molecular complexity index is 376. The molecule has 0 bridgehead atoms. The monoisotopic (exact) mass is 240 g/mol. The minimum atomic E-state index is -0.568. The first-order valence-electron chi connectivity index (χ1n) is 5.50. The first kappa shape index (κ1) is 13.3. The average molecular weight is 240 g/mol. The highest BCUT2D eigenvalue weighted by molar-refractivity contribution is 5.78. The molecule has 0 aromatic heterocycles. The molecule has 0 saturated heterocycles. The van der Waals surface area contributed by atoms with Crippen LogP contribution in [0.4, 0.5) is 10.1 Å². The average Bonchev–Trinajstić information content (AvgIpc) is 2.28. The van der Waals surface area contributed by atoms with E-state index in [-0.39, 0.29) is 30.0 Å². The maximum absolute atomic E-state index is 13.3. The van der Waals surface area contributed by atoms with Crippen LogP contribution >= 0.6 is 0 Å². The van der Waals surface area contributed by atoms with Gasteiger partial charge in [0, 0.05) is 6.04 Å². The van der Waals surface area contributed by atoms with Gasteiger partial charge in [0.05, 0.1) is 5.69 Å². The summed E-state index contributed by atoms with van der Waals surface area (Å²) in [6.45, 7) is 3.60. The summed E-state index contributed by atoms with van der Waals surface area (Å²) in [6.07, 6.45) is 0.827. The Morgan fingerprint density at radius 3 is 2.88 bits per heavy atom. The van der Waals surface area contributed by atoms with E-state index < -0.39 is 5.82 Å². The lowest BCUT2D eigenvalue weighted by Gasteiger charge is -2.13. The van der Waals surface area contributed by atoms with Crippen LogP contribution in [0.2, 0.25) is 0 Å². The van der Waals surface area contributed by atoms with Gasteiger partial charge in [0.25, 0.3) is 5.91 Å². The van der Waals surface area contributed by atoms with Gasteiger partial charge in [-0.3, -0.25) is 4.79 Å². The van der Waals surface area contributed by atoms with E-state index in [1.54, 1.807) is 0 Å². The van der Waals surface area contributed by atoms with E-state index in [1.165, 1.54) is 18.2 Å². The maximum Gasteiger partial charge on any atom is 0.258 e. The van der Waals surface area contributed by atoms with Gasteiger partial charge in [-0.2, -0.15) is 0 Å². The number of carbonyl (C=O) groups is 1. The molecular formula is C12H17FN2O2. The molecule has 5 heteroatoms. The van der Waals surface area contributed by atoms with Crippen LogP contribution < -0.4 is 15.8 Å². The lowest BCUT2D eigenvalue weighted by molar-refractivity contribution is -0.123. The SMILES string of the molecule is CCC(C)NC(=O)COc1c(N)cccc1F. The van der Waals surface area contributed by atoms with Crippen LogP contribution in [0.1, 0.15) is 20.3 Å². The predicted octanol–water partition coefficient (Wildman–Crippen LogP) is 1.70. The number of benzene rings is 1. The Balaban J connectivity index is 2.53. The third-order valence-corrected chi connectivity index (χ3v) is 2.36. The molecule has 0 fully saturated rings. The smallest absolute Gasteiger partial charge is 0.258 e. The van der Waals surface area contributed by atoms with Crippen LogP contribution in [0, 0.1) is 5.82 Å². The summed E-state index contributed by atoms with van der Waals surface area (Å²) in [5, 5.41) is 2.71. The summed E-state index contributed by atoms with van der Waals surface area (Å²) >= 11 is 0. The van der Waals surface area contributed by atoms with Crippen molar-refractivity contribution in [3.63, 3.8) is 0 Å². The Morgan fingerprint density at radius 1 is 1.59 bits per heavy atom. The number of nitrogen functional groups attached to an aromatic ring is 1. The quantitative estimate of drug-likeness (QED) is 0.770. The second-order valence-electron chi connectivity index (χ2n) is 3.82. The lowest BCUT2D eigenvalue weighted by atomic mass is 10.2. The number of hydrogen-bond donors (Lipinski definition) is 2. The van der Waals surface area contributed by atoms with Crippen LogP contribution in [0.25, 0.3) is 0 Å². The van der Waals surface area contributed by atoms with Crippen molar-refractivity contribution in [2.24, 2.45) is 0 Å². The van der Waals surface area contributed by atoms with Gasteiger partial charge in [0.15, 0.2) is 18.2 Å². The molecule has 0 saturated carbocycles. The molecule has 94 valence electrons. The molecule has 1 amide bonds. The van der Waals surface area contributed by atoms with Gasteiger partial charge in [-0.1, -0.05) is 13.0 Å². The zero-order valence-electron chi connectivity index (χ0n) is 10.00. The topological polar surface area (TPSA) is 64.3 Å². The summed E-state index contributed by atoms with van der Waals surface area (Å²) in [4.78, 5) is 11.4. The van der Waals surface area contributed by atoms with Crippen molar-refractivity contribution in [2.75, 3.05) is 12.3 Å². The summed E-state index contributed by atoms with van der Waals surface area (Å²) < 4.78 is 18.4. The van der Waals surface area contributed by atoms with Crippen molar-refractivity contribution < 1.29 is 13.9 Å². The third-order valence-electron chi connectivity index (χ3n) is 2.36. The van der Waals surface area contributed by atoms with Crippen LogP contribution in [-0.4, -0.2) is 18.6 Å². The Kier molecular flexibility index (Phi) is 4.75. The summed E-state index contributed by atoms with van der Waals surface area (Å²) in [7, 11) is 0. The van der Waals surface area contributed by atoms with E-state index in [9.17, 15) is 9.18 Å². The number of carbonyl (C=O) groups excluding carboxylic acids is 1. The Hall–Kier alpha value is -1.78. The zero-order chi connectivity index (χ0) is 12.8. The molecule has 3 N–H and O–H groups in total. The first-order valence-corrected chi connectivity index (χ1v) is 5.50. The second-order valence-corrected chi connectivity index (χ2v) is 3.82. The second kappa shape index (κ2) is 6.08. The maximum atomic E-state index is 13.3. The minimum Gasteiger partial charge on any atom is -0.479 e. The van der Waals surface area contributed by atoms with Crippen LogP contribution in [0.15, 0.2) is 18.2 Å². The number of nitrogens with one attached hydrogen (secondary N) is 1. The number of para-hydroxylation sites is 1. The summed E-state index contributed by atoms with van der Waals surface area (Å²) in [5.74, 6) is -0.935. The molecule has 0 aliphatic rings. The van der Waals surface area contributed by atoms with Gasteiger partial charge in [-0.25, -0.2) is 4.39 Å². The molecule has 1 aromatic carbocycles. The number of amides is 1. The van der Waals surface area contributed by atoms with E-state index >= 15 is 0 Å². The number of rotatable bonds is 5. The fourth-order valence-corrected chi connectivity index (χ4v) is 1.23. The Morgan fingerprint density at radius 2 is 2.29 bits per heavy atom. The largest absolute Gasteiger partial charge is 0.479 e. The van der Waals surface area contributed by atoms with Gasteiger partial charge in [-0.15, -0.1) is 0 Å². The normalized spacial score (nSPS) is 11.9. The van der Waals surface area contributed by atoms with Crippen molar-refractivity contribution >= 4 is 11.6 Å². The third kappa shape index (κ3) is 3.94. The van der Waals surface area contributed by atoms with Crippen molar-refractivity contribution in [3.05, 3.63) is 24.0 Å². The van der Waals surface area contributed by atoms with Gasteiger partial charge >= 0.3 is 0 Å². The zero-order valence-corrected chi connectivity index (χ0v) is 10.00. The lowest BCUT2D eigenvalue weighted by Crippen LogP contribution is -2.35. The fraction of sp³-hybridized carbons (Fsp3) is 0.417. The van der Waals surface area contributed by atoms with Crippen molar-refractivity contribution in [1.29, 1.82) is 0 Å². The van der Waals surface area contributed by atoms with Gasteiger partial charge in [0.1, 0.15) is 0 Å². The highest BCUT2D eigenvalue weighted by Gasteiger charge is 2.10. The summed E-state index contributed by atoms with van der Waals surface area (Å²) in [6, 6.07) is 4.31. The Labute approximate surface area is 100.0 Å². The number of hydrogen-bond acceptors (Lipinski definition) is 3. The van der Waals surface area contributed by atoms with Crippen LogP contribution in [0.5, 0.6) is 5.75 Å². The van der Waals surface area contributed by atoms with Crippen molar-refractivity contribution in [2.45, 2.75) is 26.3 Å². The number of anilines is 1. The molecule has 17 heavy (non-hydrogen) atoms. The highest BCUT2D eigenvalue weighted by atomic mass is 19.1. The predicted molar refractivity (Wildman–Crippen MR) is 64.2 cm³/mol. The van der Waals surface area contributed by atoms with E-state index in [0.29, 0.717) is 0 Å². The number of nitrogens with two attached hydrogens (primary N) is 1. The van der Waals surface area contributed by atoms with E-state index in [0.717, 1.165) is 6.42 Å². The van der Waals surface area contributed by atoms with Gasteiger partial charge in [-0.05, 0) is 25.5 Å². The molecule has 1 unspecified atom stereocenters. The van der Waals surface area contributed by atoms with Crippen LogP contribution in [0.3, 0.4) is 0 Å². The van der Waals surface area contributed by atoms with Gasteiger partial charge in [0.2, 0.25) is 0 Å².